The van der Waals surface area contributed by atoms with Crippen molar-refractivity contribution in [3.63, 3.8) is 0 Å². The van der Waals surface area contributed by atoms with Crippen molar-refractivity contribution >= 4 is 5.69 Å². The molecule has 4 heteroatoms. The van der Waals surface area contributed by atoms with Gasteiger partial charge in [0.1, 0.15) is 0 Å². The van der Waals surface area contributed by atoms with Gasteiger partial charge in [0, 0.05) is 42.0 Å². The van der Waals surface area contributed by atoms with Crippen LogP contribution in [0.5, 0.6) is 0 Å². The molecule has 0 heterocycles. The standard InChI is InChI=1S/C25H18F3N/c1-29(2)24-17-13-22(14-18-24)10-8-20-5-3-19(4-6-20)7-9-21-11-15-23(16-12-21)25(26,27)28/h3-6,11-18H,1-2H3. The molecular weight excluding hydrogens is 371 g/mol. The van der Waals surface area contributed by atoms with E-state index in [-0.39, 0.29) is 0 Å². The lowest BCUT2D eigenvalue weighted by Gasteiger charge is -2.11. The minimum atomic E-state index is -4.34. The second kappa shape index (κ2) is 8.59. The van der Waals surface area contributed by atoms with Crippen LogP contribution in [0.3, 0.4) is 0 Å². The summed E-state index contributed by atoms with van der Waals surface area (Å²) >= 11 is 0. The summed E-state index contributed by atoms with van der Waals surface area (Å²) in [6, 6.07) is 20.2. The topological polar surface area (TPSA) is 3.24 Å². The van der Waals surface area contributed by atoms with Gasteiger partial charge >= 0.3 is 6.18 Å². The van der Waals surface area contributed by atoms with Crippen molar-refractivity contribution in [1.82, 2.24) is 0 Å². The van der Waals surface area contributed by atoms with Gasteiger partial charge in [-0.05, 0) is 72.8 Å². The molecule has 0 aliphatic rings. The van der Waals surface area contributed by atoms with Gasteiger partial charge in [0.2, 0.25) is 0 Å². The van der Waals surface area contributed by atoms with E-state index >= 15 is 0 Å². The summed E-state index contributed by atoms with van der Waals surface area (Å²) in [7, 11) is 3.98. The predicted molar refractivity (Wildman–Crippen MR) is 111 cm³/mol. The lowest BCUT2D eigenvalue weighted by atomic mass is 10.1. The van der Waals surface area contributed by atoms with Gasteiger partial charge in [-0.2, -0.15) is 13.2 Å². The van der Waals surface area contributed by atoms with Crippen molar-refractivity contribution in [2.24, 2.45) is 0 Å². The summed E-state index contributed by atoms with van der Waals surface area (Å²) < 4.78 is 37.7. The van der Waals surface area contributed by atoms with Crippen LogP contribution in [0, 0.1) is 23.7 Å². The SMILES string of the molecule is CN(C)c1ccc(C#Cc2ccc(C#Cc3ccc(C(F)(F)F)cc3)cc2)cc1. The van der Waals surface area contributed by atoms with E-state index in [1.54, 1.807) is 0 Å². The lowest BCUT2D eigenvalue weighted by Crippen LogP contribution is -2.07. The number of anilines is 1. The van der Waals surface area contributed by atoms with Gasteiger partial charge in [-0.25, -0.2) is 0 Å². The number of nitrogens with zero attached hydrogens (tertiary/aromatic N) is 1. The zero-order valence-corrected chi connectivity index (χ0v) is 16.0. The fraction of sp³-hybridized carbons (Fsp3) is 0.120. The molecule has 0 saturated heterocycles. The molecule has 1 nitrogen and oxygen atoms in total. The second-order valence-electron chi connectivity index (χ2n) is 6.59. The Morgan fingerprint density at radius 2 is 0.862 bits per heavy atom. The monoisotopic (exact) mass is 389 g/mol. The third kappa shape index (κ3) is 5.67. The second-order valence-corrected chi connectivity index (χ2v) is 6.59. The highest BCUT2D eigenvalue weighted by Crippen LogP contribution is 2.28. The van der Waals surface area contributed by atoms with E-state index in [9.17, 15) is 13.2 Å². The molecule has 0 amide bonds. The highest BCUT2D eigenvalue weighted by Gasteiger charge is 2.29. The maximum Gasteiger partial charge on any atom is 0.416 e. The third-order valence-corrected chi connectivity index (χ3v) is 4.18. The molecule has 0 N–H and O–H groups in total. The number of hydrogen-bond donors (Lipinski definition) is 0. The Bertz CT molecular complexity index is 1080. The molecule has 0 unspecified atom stereocenters. The highest BCUT2D eigenvalue weighted by molar-refractivity contribution is 5.52. The molecule has 0 saturated carbocycles. The summed E-state index contributed by atoms with van der Waals surface area (Å²) in [5, 5.41) is 0. The van der Waals surface area contributed by atoms with Gasteiger partial charge in [0.15, 0.2) is 0 Å². The number of halogens is 3. The van der Waals surface area contributed by atoms with E-state index < -0.39 is 11.7 Å². The number of hydrogen-bond acceptors (Lipinski definition) is 1. The van der Waals surface area contributed by atoms with Crippen LogP contribution in [-0.4, -0.2) is 14.1 Å². The Labute approximate surface area is 168 Å². The molecule has 0 radical (unpaired) electrons. The van der Waals surface area contributed by atoms with Crippen molar-refractivity contribution in [2.45, 2.75) is 6.18 Å². The third-order valence-electron chi connectivity index (χ3n) is 4.18. The fourth-order valence-corrected chi connectivity index (χ4v) is 2.51. The largest absolute Gasteiger partial charge is 0.416 e. The molecule has 3 aromatic rings. The van der Waals surface area contributed by atoms with E-state index in [0.29, 0.717) is 5.56 Å². The minimum absolute atomic E-state index is 0.531. The number of rotatable bonds is 1. The summed E-state index contributed by atoms with van der Waals surface area (Å²) in [5.41, 5.74) is 3.53. The average molecular weight is 389 g/mol. The van der Waals surface area contributed by atoms with Crippen LogP contribution < -0.4 is 4.90 Å². The fourth-order valence-electron chi connectivity index (χ4n) is 2.51. The van der Waals surface area contributed by atoms with Crippen LogP contribution in [0.2, 0.25) is 0 Å². The molecule has 0 atom stereocenters. The van der Waals surface area contributed by atoms with Crippen LogP contribution in [0.15, 0.2) is 72.8 Å². The van der Waals surface area contributed by atoms with Crippen molar-refractivity contribution in [3.8, 4) is 23.7 Å². The van der Waals surface area contributed by atoms with Crippen molar-refractivity contribution in [1.29, 1.82) is 0 Å². The maximum atomic E-state index is 12.6. The van der Waals surface area contributed by atoms with Gasteiger partial charge in [-0.3, -0.25) is 0 Å². The summed E-state index contributed by atoms with van der Waals surface area (Å²) in [6.07, 6.45) is -4.34. The zero-order valence-electron chi connectivity index (χ0n) is 16.0. The lowest BCUT2D eigenvalue weighted by molar-refractivity contribution is -0.137. The first-order valence-electron chi connectivity index (χ1n) is 8.90. The summed E-state index contributed by atoms with van der Waals surface area (Å²) in [6.45, 7) is 0. The molecule has 0 bridgehead atoms. The molecule has 29 heavy (non-hydrogen) atoms. The van der Waals surface area contributed by atoms with E-state index in [4.69, 9.17) is 0 Å². The molecule has 0 aliphatic carbocycles. The van der Waals surface area contributed by atoms with Gasteiger partial charge in [-0.1, -0.05) is 23.7 Å². The van der Waals surface area contributed by atoms with Gasteiger partial charge in [-0.15, -0.1) is 0 Å². The average Bonchev–Trinajstić information content (AvgIpc) is 2.71. The van der Waals surface area contributed by atoms with E-state index in [1.807, 2.05) is 67.5 Å². The minimum Gasteiger partial charge on any atom is -0.378 e. The molecule has 3 rings (SSSR count). The number of benzene rings is 3. The Morgan fingerprint density at radius 3 is 1.17 bits per heavy atom. The van der Waals surface area contributed by atoms with E-state index in [0.717, 1.165) is 34.5 Å². The van der Waals surface area contributed by atoms with E-state index in [1.165, 1.54) is 12.1 Å². The first-order valence-corrected chi connectivity index (χ1v) is 8.90. The molecular formula is C25H18F3N. The zero-order chi connectivity index (χ0) is 20.9. The van der Waals surface area contributed by atoms with Crippen LogP contribution >= 0.6 is 0 Å². The molecule has 0 aliphatic heterocycles. The van der Waals surface area contributed by atoms with Crippen molar-refractivity contribution < 1.29 is 13.2 Å². The summed E-state index contributed by atoms with van der Waals surface area (Å²) in [4.78, 5) is 2.03. The molecule has 0 fully saturated rings. The Balaban J connectivity index is 1.68. The van der Waals surface area contributed by atoms with Crippen molar-refractivity contribution in [3.05, 3.63) is 101 Å². The highest BCUT2D eigenvalue weighted by atomic mass is 19.4. The molecule has 3 aromatic carbocycles. The van der Waals surface area contributed by atoms with Gasteiger partial charge in [0.25, 0.3) is 0 Å². The van der Waals surface area contributed by atoms with Crippen LogP contribution in [0.25, 0.3) is 0 Å². The van der Waals surface area contributed by atoms with Crippen LogP contribution in [0.4, 0.5) is 18.9 Å². The Kier molecular flexibility index (Phi) is 5.96. The molecule has 0 spiro atoms. The normalized spacial score (nSPS) is 10.4. The van der Waals surface area contributed by atoms with Gasteiger partial charge in [0.05, 0.1) is 5.56 Å². The number of alkyl halides is 3. The van der Waals surface area contributed by atoms with E-state index in [2.05, 4.69) is 23.7 Å². The van der Waals surface area contributed by atoms with Crippen LogP contribution in [0.1, 0.15) is 27.8 Å². The Morgan fingerprint density at radius 1 is 0.552 bits per heavy atom. The van der Waals surface area contributed by atoms with Crippen LogP contribution in [-0.2, 0) is 6.18 Å². The first-order chi connectivity index (χ1) is 13.8. The maximum absolute atomic E-state index is 12.6. The molecule has 144 valence electrons. The van der Waals surface area contributed by atoms with Gasteiger partial charge < -0.3 is 4.90 Å². The quantitative estimate of drug-likeness (QED) is 0.492. The van der Waals surface area contributed by atoms with Crippen molar-refractivity contribution in [2.75, 3.05) is 19.0 Å². The predicted octanol–water partition coefficient (Wildman–Crippen LogP) is 5.57. The molecule has 0 aromatic heterocycles. The summed E-state index contributed by atoms with van der Waals surface area (Å²) in [5.74, 6) is 12.1. The Hall–Kier alpha value is -3.63. The smallest absolute Gasteiger partial charge is 0.378 e. The first kappa shape index (κ1) is 20.1.